The minimum Gasteiger partial charge on any atom is -0.444 e. The molecule has 1 fully saturated rings. The summed E-state index contributed by atoms with van der Waals surface area (Å²) in [5, 5.41) is 16.8. The van der Waals surface area contributed by atoms with Gasteiger partial charge in [0.15, 0.2) is 16.3 Å². The minimum atomic E-state index is -0.204. The molecule has 2 heterocycles. The predicted octanol–water partition coefficient (Wildman–Crippen LogP) is 1.31. The molecule has 0 bridgehead atoms. The van der Waals surface area contributed by atoms with E-state index in [2.05, 4.69) is 41.9 Å². The normalized spacial score (nSPS) is 16.3. The molecular formula is C11H12BrN5O2. The largest absolute Gasteiger partial charge is 0.444 e. The molecule has 19 heavy (non-hydrogen) atoms. The Morgan fingerprint density at radius 3 is 2.95 bits per heavy atom. The maximum atomic E-state index is 11.9. The van der Waals surface area contributed by atoms with Crippen LogP contribution in [0, 0.1) is 5.41 Å². The van der Waals surface area contributed by atoms with Gasteiger partial charge in [-0.25, -0.2) is 0 Å². The van der Waals surface area contributed by atoms with Crippen molar-refractivity contribution >= 4 is 21.8 Å². The number of hydrogen-bond acceptors (Lipinski definition) is 5. The van der Waals surface area contributed by atoms with E-state index in [0.717, 1.165) is 19.3 Å². The molecule has 0 unspecified atom stereocenters. The van der Waals surface area contributed by atoms with Crippen molar-refractivity contribution in [1.29, 1.82) is 0 Å². The molecule has 2 aromatic heterocycles. The van der Waals surface area contributed by atoms with E-state index < -0.39 is 0 Å². The summed E-state index contributed by atoms with van der Waals surface area (Å²) < 4.78 is 5.75. The van der Waals surface area contributed by atoms with Crippen LogP contribution in [0.2, 0.25) is 0 Å². The van der Waals surface area contributed by atoms with Crippen molar-refractivity contribution < 1.29 is 9.21 Å². The van der Waals surface area contributed by atoms with Crippen LogP contribution in [0.4, 0.5) is 0 Å². The smallest absolute Gasteiger partial charge is 0.287 e. The fraction of sp³-hybridized carbons (Fsp3) is 0.455. The van der Waals surface area contributed by atoms with Crippen LogP contribution < -0.4 is 5.32 Å². The summed E-state index contributed by atoms with van der Waals surface area (Å²) >= 11 is 3.17. The lowest BCUT2D eigenvalue weighted by Crippen LogP contribution is -2.31. The van der Waals surface area contributed by atoms with E-state index in [9.17, 15) is 4.79 Å². The van der Waals surface area contributed by atoms with Crippen molar-refractivity contribution in [3.63, 3.8) is 0 Å². The van der Waals surface area contributed by atoms with Gasteiger partial charge in [-0.3, -0.25) is 4.79 Å². The third-order valence-electron chi connectivity index (χ3n) is 3.30. The fourth-order valence-electron chi connectivity index (χ4n) is 1.98. The first-order chi connectivity index (χ1) is 9.17. The number of carbonyl (C=O) groups excluding carboxylic acids is 1. The second kappa shape index (κ2) is 4.76. The SMILES string of the molecule is O=C(NCC1(Cc2nn[nH]n2)CC1)c1ccc(Br)o1. The van der Waals surface area contributed by atoms with Gasteiger partial charge in [0.25, 0.3) is 5.91 Å². The quantitative estimate of drug-likeness (QED) is 0.863. The standard InChI is InChI=1S/C11H12BrN5O2/c12-8-2-1-7(19-8)10(18)13-6-11(3-4-11)5-9-14-16-17-15-9/h1-2H,3-6H2,(H,13,18)(H,14,15,16,17). The number of halogens is 1. The Morgan fingerprint density at radius 2 is 2.37 bits per heavy atom. The predicted molar refractivity (Wildman–Crippen MR) is 68.3 cm³/mol. The number of nitrogens with one attached hydrogen (secondary N) is 2. The van der Waals surface area contributed by atoms with Crippen LogP contribution in [0.25, 0.3) is 0 Å². The molecule has 8 heteroatoms. The molecule has 2 N–H and O–H groups in total. The lowest BCUT2D eigenvalue weighted by atomic mass is 10.0. The summed E-state index contributed by atoms with van der Waals surface area (Å²) in [6.45, 7) is 0.596. The van der Waals surface area contributed by atoms with E-state index in [1.807, 2.05) is 0 Å². The van der Waals surface area contributed by atoms with Gasteiger partial charge in [0.2, 0.25) is 0 Å². The first kappa shape index (κ1) is 12.3. The van der Waals surface area contributed by atoms with E-state index in [-0.39, 0.29) is 11.3 Å². The molecule has 0 aromatic carbocycles. The molecule has 1 aliphatic rings. The van der Waals surface area contributed by atoms with Crippen LogP contribution in [0.5, 0.6) is 0 Å². The number of tetrazole rings is 1. The Labute approximate surface area is 117 Å². The number of nitrogens with zero attached hydrogens (tertiary/aromatic N) is 3. The van der Waals surface area contributed by atoms with Gasteiger partial charge in [0, 0.05) is 13.0 Å². The summed E-state index contributed by atoms with van der Waals surface area (Å²) in [6, 6.07) is 3.33. The summed E-state index contributed by atoms with van der Waals surface area (Å²) in [7, 11) is 0. The first-order valence-electron chi connectivity index (χ1n) is 5.93. The Bertz CT molecular complexity index is 576. The van der Waals surface area contributed by atoms with Gasteiger partial charge >= 0.3 is 0 Å². The molecule has 0 spiro atoms. The lowest BCUT2D eigenvalue weighted by Gasteiger charge is -2.13. The average molecular weight is 326 g/mol. The number of H-pyrrole nitrogens is 1. The van der Waals surface area contributed by atoms with E-state index in [1.165, 1.54) is 0 Å². The summed E-state index contributed by atoms with van der Waals surface area (Å²) in [5.74, 6) is 0.791. The maximum Gasteiger partial charge on any atom is 0.287 e. The van der Waals surface area contributed by atoms with Crippen molar-refractivity contribution in [2.45, 2.75) is 19.3 Å². The molecule has 0 atom stereocenters. The summed E-state index contributed by atoms with van der Waals surface area (Å²) in [5.41, 5.74) is 0.0728. The molecule has 1 amide bonds. The highest BCUT2D eigenvalue weighted by Crippen LogP contribution is 2.47. The third kappa shape index (κ3) is 2.83. The number of furan rings is 1. The second-order valence-electron chi connectivity index (χ2n) is 4.79. The van der Waals surface area contributed by atoms with Crippen molar-refractivity contribution in [2.75, 3.05) is 6.54 Å². The number of aromatic nitrogens is 4. The highest BCUT2D eigenvalue weighted by Gasteiger charge is 2.43. The molecule has 3 rings (SSSR count). The van der Waals surface area contributed by atoms with Crippen molar-refractivity contribution in [2.24, 2.45) is 5.41 Å². The van der Waals surface area contributed by atoms with Gasteiger partial charge in [-0.2, -0.15) is 5.21 Å². The van der Waals surface area contributed by atoms with E-state index in [0.29, 0.717) is 22.8 Å². The lowest BCUT2D eigenvalue weighted by molar-refractivity contribution is 0.0915. The molecule has 0 aliphatic heterocycles. The summed E-state index contributed by atoms with van der Waals surface area (Å²) in [6.07, 6.45) is 2.85. The maximum absolute atomic E-state index is 11.9. The van der Waals surface area contributed by atoms with Gasteiger partial charge in [-0.05, 0) is 46.3 Å². The average Bonchev–Trinajstić information content (AvgIpc) is 2.79. The van der Waals surface area contributed by atoms with Crippen LogP contribution in [0.15, 0.2) is 21.2 Å². The van der Waals surface area contributed by atoms with Crippen molar-refractivity contribution in [3.8, 4) is 0 Å². The highest BCUT2D eigenvalue weighted by atomic mass is 79.9. The number of rotatable bonds is 5. The van der Waals surface area contributed by atoms with Gasteiger partial charge < -0.3 is 9.73 Å². The Morgan fingerprint density at radius 1 is 1.53 bits per heavy atom. The van der Waals surface area contributed by atoms with E-state index in [1.54, 1.807) is 12.1 Å². The van der Waals surface area contributed by atoms with Gasteiger partial charge in [0.05, 0.1) is 0 Å². The van der Waals surface area contributed by atoms with Crippen LogP contribution in [0.1, 0.15) is 29.2 Å². The van der Waals surface area contributed by atoms with E-state index in [4.69, 9.17) is 4.42 Å². The van der Waals surface area contributed by atoms with Gasteiger partial charge in [-0.15, -0.1) is 10.2 Å². The van der Waals surface area contributed by atoms with Crippen LogP contribution in [-0.2, 0) is 6.42 Å². The molecule has 0 saturated heterocycles. The van der Waals surface area contributed by atoms with Gasteiger partial charge in [0.1, 0.15) is 0 Å². The topological polar surface area (TPSA) is 96.7 Å². The molecular weight excluding hydrogens is 314 g/mol. The Hall–Kier alpha value is -1.70. The van der Waals surface area contributed by atoms with Gasteiger partial charge in [-0.1, -0.05) is 5.21 Å². The second-order valence-corrected chi connectivity index (χ2v) is 5.57. The monoisotopic (exact) mass is 325 g/mol. The molecule has 100 valence electrons. The zero-order valence-electron chi connectivity index (χ0n) is 10.0. The molecule has 2 aromatic rings. The molecule has 7 nitrogen and oxygen atoms in total. The minimum absolute atomic E-state index is 0.0728. The third-order valence-corrected chi connectivity index (χ3v) is 3.73. The highest BCUT2D eigenvalue weighted by molar-refractivity contribution is 9.10. The molecule has 1 aliphatic carbocycles. The molecule has 0 radical (unpaired) electrons. The van der Waals surface area contributed by atoms with E-state index >= 15 is 0 Å². The zero-order chi connectivity index (χ0) is 13.3. The van der Waals surface area contributed by atoms with Crippen molar-refractivity contribution in [3.05, 3.63) is 28.4 Å². The van der Waals surface area contributed by atoms with Crippen molar-refractivity contribution in [1.82, 2.24) is 25.9 Å². The fourth-order valence-corrected chi connectivity index (χ4v) is 2.28. The van der Waals surface area contributed by atoms with Crippen LogP contribution in [-0.4, -0.2) is 33.1 Å². The first-order valence-corrected chi connectivity index (χ1v) is 6.72. The number of amides is 1. The zero-order valence-corrected chi connectivity index (χ0v) is 11.6. The Balaban J connectivity index is 1.56. The summed E-state index contributed by atoms with van der Waals surface area (Å²) in [4.78, 5) is 11.9. The number of hydrogen-bond donors (Lipinski definition) is 2. The number of carbonyl (C=O) groups is 1. The van der Waals surface area contributed by atoms with Crippen LogP contribution >= 0.6 is 15.9 Å². The molecule has 1 saturated carbocycles. The van der Waals surface area contributed by atoms with Crippen LogP contribution in [0.3, 0.4) is 0 Å². The number of aromatic amines is 1. The Kier molecular flexibility index (Phi) is 3.09.